The van der Waals surface area contributed by atoms with Crippen LogP contribution in [0.3, 0.4) is 0 Å². The van der Waals surface area contributed by atoms with Crippen LogP contribution in [0.15, 0.2) is 47.6 Å². The molecular formula is C21H20N2O5. The molecule has 3 aliphatic heterocycles. The predicted molar refractivity (Wildman–Crippen MR) is 101 cm³/mol. The van der Waals surface area contributed by atoms with E-state index in [-0.39, 0.29) is 12.7 Å². The third-order valence-corrected chi connectivity index (χ3v) is 5.49. The van der Waals surface area contributed by atoms with Crippen molar-refractivity contribution in [2.24, 2.45) is 5.16 Å². The van der Waals surface area contributed by atoms with E-state index in [2.05, 4.69) is 5.16 Å². The summed E-state index contributed by atoms with van der Waals surface area (Å²) in [6.45, 7) is 1.35. The standard InChI is InChI=1S/C21H20N2O5/c1-25-16-5-2-14(3-6-16)17-11-21(28-22-17)8-9-23(12-21)20(24)15-4-7-18-19(10-15)27-13-26-18/h2-7,10H,8-9,11-13H2,1H3. The molecule has 0 radical (unpaired) electrons. The van der Waals surface area contributed by atoms with E-state index in [0.717, 1.165) is 23.4 Å². The normalized spacial score (nSPS) is 22.3. The molecule has 0 bridgehead atoms. The average molecular weight is 380 g/mol. The summed E-state index contributed by atoms with van der Waals surface area (Å²) in [6, 6.07) is 13.1. The maximum Gasteiger partial charge on any atom is 0.254 e. The molecule has 0 aromatic heterocycles. The lowest BCUT2D eigenvalue weighted by Crippen LogP contribution is -2.36. The number of carbonyl (C=O) groups excluding carboxylic acids is 1. The van der Waals surface area contributed by atoms with E-state index in [1.807, 2.05) is 29.2 Å². The molecule has 1 unspecified atom stereocenters. The van der Waals surface area contributed by atoms with Crippen LogP contribution in [0.4, 0.5) is 0 Å². The van der Waals surface area contributed by atoms with Crippen LogP contribution in [0.25, 0.3) is 0 Å². The van der Waals surface area contributed by atoms with Gasteiger partial charge in [-0.3, -0.25) is 4.79 Å². The minimum Gasteiger partial charge on any atom is -0.497 e. The van der Waals surface area contributed by atoms with E-state index in [0.29, 0.717) is 36.6 Å². The van der Waals surface area contributed by atoms with Gasteiger partial charge in [0.1, 0.15) is 5.75 Å². The zero-order valence-corrected chi connectivity index (χ0v) is 15.5. The molecule has 0 aliphatic carbocycles. The van der Waals surface area contributed by atoms with Gasteiger partial charge in [-0.25, -0.2) is 0 Å². The lowest BCUT2D eigenvalue weighted by atomic mass is 9.93. The molecule has 5 rings (SSSR count). The largest absolute Gasteiger partial charge is 0.497 e. The van der Waals surface area contributed by atoms with Crippen molar-refractivity contribution >= 4 is 11.6 Å². The second-order valence-electron chi connectivity index (χ2n) is 7.26. The number of oxime groups is 1. The molecule has 2 aromatic carbocycles. The maximum atomic E-state index is 12.9. The molecule has 0 saturated carbocycles. The summed E-state index contributed by atoms with van der Waals surface area (Å²) in [5.41, 5.74) is 2.06. The molecule has 1 fully saturated rings. The van der Waals surface area contributed by atoms with Crippen molar-refractivity contribution in [3.63, 3.8) is 0 Å². The summed E-state index contributed by atoms with van der Waals surface area (Å²) < 4.78 is 15.9. The molecule has 3 aliphatic rings. The van der Waals surface area contributed by atoms with Gasteiger partial charge in [0.2, 0.25) is 6.79 Å². The Bertz CT molecular complexity index is 956. The second kappa shape index (κ2) is 6.44. The Morgan fingerprint density at radius 3 is 2.79 bits per heavy atom. The Morgan fingerprint density at radius 2 is 1.96 bits per heavy atom. The number of rotatable bonds is 3. The van der Waals surface area contributed by atoms with Gasteiger partial charge in [-0.05, 0) is 48.0 Å². The van der Waals surface area contributed by atoms with Gasteiger partial charge < -0.3 is 23.9 Å². The number of amides is 1. The van der Waals surface area contributed by atoms with Gasteiger partial charge in [-0.15, -0.1) is 0 Å². The van der Waals surface area contributed by atoms with Crippen molar-refractivity contribution < 1.29 is 23.8 Å². The number of hydrogen-bond acceptors (Lipinski definition) is 6. The van der Waals surface area contributed by atoms with Gasteiger partial charge >= 0.3 is 0 Å². The highest BCUT2D eigenvalue weighted by atomic mass is 16.7. The molecule has 2 aromatic rings. The van der Waals surface area contributed by atoms with Crippen molar-refractivity contribution in [3.05, 3.63) is 53.6 Å². The number of methoxy groups -OCH3 is 1. The number of hydrogen-bond donors (Lipinski definition) is 0. The molecule has 7 nitrogen and oxygen atoms in total. The van der Waals surface area contributed by atoms with Gasteiger partial charge in [0.25, 0.3) is 5.91 Å². The fraction of sp³-hybridized carbons (Fsp3) is 0.333. The summed E-state index contributed by atoms with van der Waals surface area (Å²) >= 11 is 0. The quantitative estimate of drug-likeness (QED) is 0.819. The minimum absolute atomic E-state index is 0.0309. The van der Waals surface area contributed by atoms with Crippen LogP contribution in [-0.2, 0) is 4.84 Å². The number of ether oxygens (including phenoxy) is 3. The van der Waals surface area contributed by atoms with E-state index in [1.165, 1.54) is 0 Å². The van der Waals surface area contributed by atoms with Crippen molar-refractivity contribution in [3.8, 4) is 17.2 Å². The SMILES string of the molecule is COc1ccc(C2=NOC3(CCN(C(=O)c4ccc5c(c4)OCO5)C3)C2)cc1. The number of benzene rings is 2. The zero-order valence-electron chi connectivity index (χ0n) is 15.5. The van der Waals surface area contributed by atoms with Gasteiger partial charge in [0, 0.05) is 24.9 Å². The Balaban J connectivity index is 1.27. The number of likely N-dealkylation sites (tertiary alicyclic amines) is 1. The molecule has 1 saturated heterocycles. The Kier molecular flexibility index (Phi) is 3.89. The third-order valence-electron chi connectivity index (χ3n) is 5.49. The van der Waals surface area contributed by atoms with Crippen molar-refractivity contribution in [1.82, 2.24) is 4.90 Å². The fourth-order valence-corrected chi connectivity index (χ4v) is 3.91. The molecule has 7 heteroatoms. The van der Waals surface area contributed by atoms with Crippen LogP contribution in [0, 0.1) is 0 Å². The van der Waals surface area contributed by atoms with Crippen molar-refractivity contribution in [2.45, 2.75) is 18.4 Å². The highest BCUT2D eigenvalue weighted by molar-refractivity contribution is 6.02. The topological polar surface area (TPSA) is 69.6 Å². The van der Waals surface area contributed by atoms with Crippen LogP contribution >= 0.6 is 0 Å². The summed E-state index contributed by atoms with van der Waals surface area (Å²) in [5.74, 6) is 2.06. The highest BCUT2D eigenvalue weighted by Gasteiger charge is 2.47. The van der Waals surface area contributed by atoms with E-state index in [1.54, 1.807) is 25.3 Å². The first-order valence-electron chi connectivity index (χ1n) is 9.24. The number of fused-ring (bicyclic) bond motifs is 1. The first-order chi connectivity index (χ1) is 13.7. The first-order valence-corrected chi connectivity index (χ1v) is 9.24. The summed E-state index contributed by atoms with van der Waals surface area (Å²) in [7, 11) is 1.64. The van der Waals surface area contributed by atoms with Crippen LogP contribution in [-0.4, -0.2) is 49.1 Å². The molecule has 0 N–H and O–H groups in total. The fourth-order valence-electron chi connectivity index (χ4n) is 3.91. The van der Waals surface area contributed by atoms with Crippen molar-refractivity contribution in [1.29, 1.82) is 0 Å². The van der Waals surface area contributed by atoms with Gasteiger partial charge in [0.05, 0.1) is 19.4 Å². The predicted octanol–water partition coefficient (Wildman–Crippen LogP) is 2.83. The van der Waals surface area contributed by atoms with Crippen molar-refractivity contribution in [2.75, 3.05) is 27.0 Å². The minimum atomic E-state index is -0.443. The first kappa shape index (κ1) is 16.9. The molecule has 1 spiro atoms. The van der Waals surface area contributed by atoms with E-state index in [4.69, 9.17) is 19.0 Å². The average Bonchev–Trinajstić information content (AvgIpc) is 3.47. The van der Waals surface area contributed by atoms with Crippen LogP contribution in [0.5, 0.6) is 17.2 Å². The summed E-state index contributed by atoms with van der Waals surface area (Å²) in [4.78, 5) is 20.6. The summed E-state index contributed by atoms with van der Waals surface area (Å²) in [5, 5.41) is 4.31. The molecule has 144 valence electrons. The van der Waals surface area contributed by atoms with Crippen LogP contribution < -0.4 is 14.2 Å². The Morgan fingerprint density at radius 1 is 1.14 bits per heavy atom. The molecule has 3 heterocycles. The van der Waals surface area contributed by atoms with Gasteiger partial charge in [-0.1, -0.05) is 5.16 Å². The lowest BCUT2D eigenvalue weighted by Gasteiger charge is -2.22. The zero-order chi connectivity index (χ0) is 19.1. The number of nitrogens with zero attached hydrogens (tertiary/aromatic N) is 2. The third kappa shape index (κ3) is 2.83. The molecule has 28 heavy (non-hydrogen) atoms. The maximum absolute atomic E-state index is 12.9. The van der Waals surface area contributed by atoms with Gasteiger partial charge in [0.15, 0.2) is 17.1 Å². The smallest absolute Gasteiger partial charge is 0.254 e. The Labute approximate surface area is 162 Å². The lowest BCUT2D eigenvalue weighted by molar-refractivity contribution is -0.00917. The summed E-state index contributed by atoms with van der Waals surface area (Å²) in [6.07, 6.45) is 1.44. The molecule has 1 atom stereocenters. The van der Waals surface area contributed by atoms with E-state index < -0.39 is 5.60 Å². The van der Waals surface area contributed by atoms with Crippen LogP contribution in [0.2, 0.25) is 0 Å². The Hall–Kier alpha value is -3.22. The monoisotopic (exact) mass is 380 g/mol. The molecular weight excluding hydrogens is 360 g/mol. The number of carbonyl (C=O) groups is 1. The molecule has 1 amide bonds. The van der Waals surface area contributed by atoms with E-state index in [9.17, 15) is 4.79 Å². The highest BCUT2D eigenvalue weighted by Crippen LogP contribution is 2.37. The van der Waals surface area contributed by atoms with E-state index >= 15 is 0 Å². The second-order valence-corrected chi connectivity index (χ2v) is 7.26. The van der Waals surface area contributed by atoms with Crippen LogP contribution in [0.1, 0.15) is 28.8 Å². The van der Waals surface area contributed by atoms with Gasteiger partial charge in [-0.2, -0.15) is 0 Å².